The molecule has 0 spiro atoms. The molecule has 0 fully saturated rings. The Morgan fingerprint density at radius 2 is 1.79 bits per heavy atom. The Balaban J connectivity index is 1.67. The summed E-state index contributed by atoms with van der Waals surface area (Å²) < 4.78 is 35.2. The summed E-state index contributed by atoms with van der Waals surface area (Å²) >= 11 is 0. The lowest BCUT2D eigenvalue weighted by atomic mass is 10.0. The number of carbonyl (C=O) groups excluding carboxylic acids is 2. The molecule has 0 aliphatic rings. The Morgan fingerprint density at radius 3 is 2.44 bits per heavy atom. The van der Waals surface area contributed by atoms with Crippen molar-refractivity contribution in [3.8, 4) is 11.8 Å². The van der Waals surface area contributed by atoms with Crippen molar-refractivity contribution in [3.63, 3.8) is 0 Å². The maximum Gasteiger partial charge on any atom is 0.329 e. The molecular formula is C27H39N7O8S. The number of carboxylic acid groups (broad SMARTS) is 1. The highest BCUT2D eigenvalue weighted by atomic mass is 32.2. The van der Waals surface area contributed by atoms with E-state index in [1.807, 2.05) is 27.7 Å². The molecule has 0 aliphatic carbocycles. The number of rotatable bonds is 17. The molecule has 236 valence electrons. The maximum atomic E-state index is 12.2. The van der Waals surface area contributed by atoms with E-state index in [0.29, 0.717) is 43.7 Å². The van der Waals surface area contributed by atoms with Gasteiger partial charge in [0.15, 0.2) is 0 Å². The van der Waals surface area contributed by atoms with Gasteiger partial charge in [0.1, 0.15) is 18.9 Å². The van der Waals surface area contributed by atoms with Crippen LogP contribution in [0.25, 0.3) is 0 Å². The van der Waals surface area contributed by atoms with Gasteiger partial charge in [-0.1, -0.05) is 17.1 Å². The van der Waals surface area contributed by atoms with Gasteiger partial charge in [0.05, 0.1) is 30.5 Å². The molecule has 0 unspecified atom stereocenters. The Bertz CT molecular complexity index is 1410. The van der Waals surface area contributed by atoms with Crippen LogP contribution in [0.3, 0.4) is 0 Å². The number of hydrogen-bond acceptors (Lipinski definition) is 11. The molecule has 0 bridgehead atoms. The van der Waals surface area contributed by atoms with Crippen molar-refractivity contribution in [1.82, 2.24) is 35.6 Å². The Labute approximate surface area is 251 Å². The molecule has 0 aliphatic heterocycles. The minimum atomic E-state index is -3.46. The van der Waals surface area contributed by atoms with Crippen molar-refractivity contribution in [2.24, 2.45) is 0 Å². The zero-order valence-corrected chi connectivity index (χ0v) is 25.9. The van der Waals surface area contributed by atoms with Gasteiger partial charge < -0.3 is 25.2 Å². The van der Waals surface area contributed by atoms with Crippen LogP contribution in [0.5, 0.6) is 0 Å². The summed E-state index contributed by atoms with van der Waals surface area (Å²) in [5, 5.41) is 22.1. The number of ether oxygens (including phenoxy) is 2. The third-order valence-corrected chi connectivity index (χ3v) is 6.52. The molecule has 43 heavy (non-hydrogen) atoms. The van der Waals surface area contributed by atoms with Crippen LogP contribution >= 0.6 is 0 Å². The van der Waals surface area contributed by atoms with Crippen LogP contribution in [-0.2, 0) is 46.8 Å². The predicted molar refractivity (Wildman–Crippen MR) is 153 cm³/mol. The summed E-state index contributed by atoms with van der Waals surface area (Å²) in [7, 11) is -3.46. The molecule has 0 saturated heterocycles. The van der Waals surface area contributed by atoms with E-state index in [0.717, 1.165) is 6.26 Å². The molecule has 2 aromatic heterocycles. The molecular weight excluding hydrogens is 582 g/mol. The van der Waals surface area contributed by atoms with E-state index in [9.17, 15) is 22.8 Å². The van der Waals surface area contributed by atoms with Gasteiger partial charge >= 0.3 is 5.97 Å². The topological polar surface area (TPSA) is 205 Å². The second kappa shape index (κ2) is 16.1. The highest BCUT2D eigenvalue weighted by Crippen LogP contribution is 2.16. The first kappa shape index (κ1) is 35.3. The molecule has 0 atom stereocenters. The minimum Gasteiger partial charge on any atom is -0.480 e. The summed E-state index contributed by atoms with van der Waals surface area (Å²) in [6.07, 6.45) is 7.25. The van der Waals surface area contributed by atoms with Crippen molar-refractivity contribution in [1.29, 1.82) is 0 Å². The summed E-state index contributed by atoms with van der Waals surface area (Å²) in [4.78, 5) is 42.2. The molecule has 2 aromatic rings. The highest BCUT2D eigenvalue weighted by molar-refractivity contribution is 7.90. The fourth-order valence-corrected chi connectivity index (χ4v) is 4.06. The van der Waals surface area contributed by atoms with E-state index in [2.05, 4.69) is 42.8 Å². The zero-order chi connectivity index (χ0) is 32.1. The number of nitrogens with one attached hydrogen (secondary N) is 2. The van der Waals surface area contributed by atoms with E-state index >= 15 is 0 Å². The summed E-state index contributed by atoms with van der Waals surface area (Å²) in [6, 6.07) is 0. The van der Waals surface area contributed by atoms with Crippen molar-refractivity contribution in [3.05, 3.63) is 29.8 Å². The highest BCUT2D eigenvalue weighted by Gasteiger charge is 2.25. The van der Waals surface area contributed by atoms with E-state index in [1.54, 1.807) is 10.9 Å². The lowest BCUT2D eigenvalue weighted by Crippen LogP contribution is -2.46. The number of hydrogen-bond donors (Lipinski definition) is 3. The Morgan fingerprint density at radius 1 is 1.09 bits per heavy atom. The normalized spacial score (nSPS) is 11.8. The van der Waals surface area contributed by atoms with Gasteiger partial charge in [0.2, 0.25) is 26.8 Å². The van der Waals surface area contributed by atoms with Crippen molar-refractivity contribution in [2.75, 3.05) is 26.1 Å². The first-order valence-electron chi connectivity index (χ1n) is 13.5. The summed E-state index contributed by atoms with van der Waals surface area (Å²) in [6.45, 7) is 7.58. The van der Waals surface area contributed by atoms with Gasteiger partial charge in [-0.05, 0) is 40.5 Å². The Kier molecular flexibility index (Phi) is 13.2. The molecule has 2 amide bonds. The lowest BCUT2D eigenvalue weighted by Gasteiger charge is -2.30. The number of amides is 2. The molecule has 0 radical (unpaired) electrons. The van der Waals surface area contributed by atoms with E-state index < -0.39 is 39.5 Å². The SMILES string of the molecule is CC(C)(CCOC(C)(C)Cn1cc(CNC(=O)CCCC#Cc2cnc(S(C)(=O)=O)nc2)nn1)NC(=O)COCC(=O)O. The maximum absolute atomic E-state index is 12.2. The largest absolute Gasteiger partial charge is 0.480 e. The van der Waals surface area contributed by atoms with Crippen LogP contribution in [0.1, 0.15) is 64.6 Å². The van der Waals surface area contributed by atoms with Crippen LogP contribution in [0, 0.1) is 11.8 Å². The quantitative estimate of drug-likeness (QED) is 0.125. The van der Waals surface area contributed by atoms with E-state index in [1.165, 1.54) is 12.4 Å². The van der Waals surface area contributed by atoms with Gasteiger partial charge in [-0.3, -0.25) is 9.59 Å². The minimum absolute atomic E-state index is 0.149. The van der Waals surface area contributed by atoms with Crippen molar-refractivity contribution in [2.45, 2.75) is 82.8 Å². The van der Waals surface area contributed by atoms with Crippen molar-refractivity contribution < 1.29 is 37.4 Å². The molecule has 15 nitrogen and oxygen atoms in total. The standard InChI is InChI=1S/C27H39N7O8S/c1-26(2,31-23(36)17-41-18-24(37)38)11-12-42-27(3,4)19-34-16-21(32-33-34)15-28-22(35)10-8-6-7-9-20-13-29-25(30-14-20)43(5,39)40/h13-14,16H,6,8,10-12,15,17-19H2,1-5H3,(H,28,35)(H,31,36)(H,37,38). The number of carbonyl (C=O) groups is 3. The van der Waals surface area contributed by atoms with Gasteiger partial charge in [-0.25, -0.2) is 27.9 Å². The molecule has 16 heteroatoms. The number of aliphatic carboxylic acids is 1. The predicted octanol–water partition coefficient (Wildman–Crippen LogP) is 0.491. The average molecular weight is 622 g/mol. The fourth-order valence-electron chi connectivity index (χ4n) is 3.57. The molecule has 0 aromatic carbocycles. The number of unbranched alkanes of at least 4 members (excludes halogenated alkanes) is 1. The first-order chi connectivity index (χ1) is 20.0. The summed E-state index contributed by atoms with van der Waals surface area (Å²) in [5.41, 5.74) is -0.103. The van der Waals surface area contributed by atoms with Gasteiger partial charge in [0, 0.05) is 43.6 Å². The molecule has 2 heterocycles. The lowest BCUT2D eigenvalue weighted by molar-refractivity contribution is -0.143. The number of nitrogens with zero attached hydrogens (tertiary/aromatic N) is 5. The number of sulfone groups is 1. The summed E-state index contributed by atoms with van der Waals surface area (Å²) in [5.74, 6) is 4.06. The molecule has 0 saturated carbocycles. The second-order valence-electron chi connectivity index (χ2n) is 11.0. The van der Waals surface area contributed by atoms with Crippen LogP contribution < -0.4 is 10.6 Å². The van der Waals surface area contributed by atoms with Crippen molar-refractivity contribution >= 4 is 27.6 Å². The second-order valence-corrected chi connectivity index (χ2v) is 13.0. The smallest absolute Gasteiger partial charge is 0.329 e. The van der Waals surface area contributed by atoms with Crippen LogP contribution in [-0.4, -0.2) is 93.5 Å². The third kappa shape index (κ3) is 14.7. The number of aromatic nitrogens is 5. The van der Waals surface area contributed by atoms with E-state index in [4.69, 9.17) is 14.6 Å². The third-order valence-electron chi connectivity index (χ3n) is 5.65. The van der Waals surface area contributed by atoms with Crippen LogP contribution in [0.15, 0.2) is 23.7 Å². The zero-order valence-electron chi connectivity index (χ0n) is 25.0. The fraction of sp³-hybridized carbons (Fsp3) is 0.593. The van der Waals surface area contributed by atoms with Gasteiger partial charge in [-0.15, -0.1) is 5.10 Å². The average Bonchev–Trinajstić information content (AvgIpc) is 3.32. The van der Waals surface area contributed by atoms with Crippen LogP contribution in [0.4, 0.5) is 0 Å². The Hall–Kier alpha value is -3.94. The van der Waals surface area contributed by atoms with E-state index in [-0.39, 0.29) is 30.6 Å². The molecule has 2 rings (SSSR count). The van der Waals surface area contributed by atoms with Crippen LogP contribution in [0.2, 0.25) is 0 Å². The monoisotopic (exact) mass is 621 g/mol. The van der Waals surface area contributed by atoms with Gasteiger partial charge in [-0.2, -0.15) is 0 Å². The number of carboxylic acids is 1. The first-order valence-corrected chi connectivity index (χ1v) is 15.3. The molecule has 3 N–H and O–H groups in total. The van der Waals surface area contributed by atoms with Gasteiger partial charge in [0.25, 0.3) is 0 Å².